The maximum absolute atomic E-state index is 12.4. The Kier molecular flexibility index (Phi) is 6.01. The zero-order chi connectivity index (χ0) is 16.8. The van der Waals surface area contributed by atoms with Gasteiger partial charge < -0.3 is 25.2 Å². The van der Waals surface area contributed by atoms with Crippen molar-refractivity contribution in [1.29, 1.82) is 0 Å². The zero-order valence-electron chi connectivity index (χ0n) is 13.6. The molecule has 126 valence electrons. The van der Waals surface area contributed by atoms with Gasteiger partial charge in [-0.3, -0.25) is 4.79 Å². The monoisotopic (exact) mass is 320 g/mol. The number of hydrogen-bond donors (Lipinski definition) is 3. The average molecular weight is 320 g/mol. The van der Waals surface area contributed by atoms with Crippen LogP contribution in [0.15, 0.2) is 24.8 Å². The molecule has 1 aliphatic rings. The summed E-state index contributed by atoms with van der Waals surface area (Å²) < 4.78 is 10.7. The van der Waals surface area contributed by atoms with Crippen LogP contribution in [0.1, 0.15) is 15.9 Å². The normalized spacial score (nSPS) is 20.1. The van der Waals surface area contributed by atoms with Crippen LogP contribution >= 0.6 is 0 Å². The number of allylic oxidation sites excluding steroid dienone is 1. The number of β-amino-alcohol motifs (C(OH)–C–C–N with tert-alkyl or cyclic N) is 1. The van der Waals surface area contributed by atoms with Gasteiger partial charge in [-0.15, -0.1) is 6.58 Å². The molecule has 1 heterocycles. The standard InChI is InChI=1S/C17H24N2O4/c1-4-5-11-6-12(7-15(22-2)16(11)23-3)17(21)19-9-13-8-18-10-14(13)20/h4,6-7,13-14,18,20H,1,5,8-10H2,2-3H3,(H,19,21). The Morgan fingerprint density at radius 2 is 2.22 bits per heavy atom. The lowest BCUT2D eigenvalue weighted by Crippen LogP contribution is -2.34. The summed E-state index contributed by atoms with van der Waals surface area (Å²) in [5, 5.41) is 15.7. The topological polar surface area (TPSA) is 79.8 Å². The molecule has 1 aromatic rings. The van der Waals surface area contributed by atoms with E-state index in [2.05, 4.69) is 17.2 Å². The molecule has 1 saturated heterocycles. The zero-order valence-corrected chi connectivity index (χ0v) is 13.6. The summed E-state index contributed by atoms with van der Waals surface area (Å²) in [6.07, 6.45) is 1.91. The van der Waals surface area contributed by atoms with Crippen molar-refractivity contribution in [2.24, 2.45) is 5.92 Å². The lowest BCUT2D eigenvalue weighted by atomic mass is 10.0. The molecule has 0 aromatic heterocycles. The Morgan fingerprint density at radius 3 is 2.78 bits per heavy atom. The van der Waals surface area contributed by atoms with E-state index >= 15 is 0 Å². The first-order valence-corrected chi connectivity index (χ1v) is 7.63. The van der Waals surface area contributed by atoms with Crippen LogP contribution in [0.2, 0.25) is 0 Å². The molecule has 2 unspecified atom stereocenters. The predicted octanol–water partition coefficient (Wildman–Crippen LogP) is 0.742. The quantitative estimate of drug-likeness (QED) is 0.646. The molecule has 0 bridgehead atoms. The smallest absolute Gasteiger partial charge is 0.251 e. The number of carbonyl (C=O) groups is 1. The van der Waals surface area contributed by atoms with Crippen molar-refractivity contribution in [1.82, 2.24) is 10.6 Å². The van der Waals surface area contributed by atoms with E-state index in [0.29, 0.717) is 43.1 Å². The molecule has 0 saturated carbocycles. The first-order valence-electron chi connectivity index (χ1n) is 7.63. The number of ether oxygens (including phenoxy) is 2. The number of rotatable bonds is 7. The second-order valence-electron chi connectivity index (χ2n) is 5.56. The van der Waals surface area contributed by atoms with Crippen LogP contribution in [-0.4, -0.2) is 51.0 Å². The third-order valence-electron chi connectivity index (χ3n) is 4.01. The second kappa shape index (κ2) is 7.99. The molecule has 0 aliphatic carbocycles. The van der Waals surface area contributed by atoms with Crippen LogP contribution in [0.3, 0.4) is 0 Å². The van der Waals surface area contributed by atoms with Crippen molar-refractivity contribution in [2.75, 3.05) is 33.9 Å². The maximum atomic E-state index is 12.4. The van der Waals surface area contributed by atoms with Crippen molar-refractivity contribution in [3.05, 3.63) is 35.9 Å². The minimum Gasteiger partial charge on any atom is -0.493 e. The number of amides is 1. The number of hydrogen-bond acceptors (Lipinski definition) is 5. The van der Waals surface area contributed by atoms with Crippen molar-refractivity contribution in [3.63, 3.8) is 0 Å². The Morgan fingerprint density at radius 1 is 1.43 bits per heavy atom. The number of aliphatic hydroxyl groups excluding tert-OH is 1. The molecule has 1 aliphatic heterocycles. The van der Waals surface area contributed by atoms with Crippen molar-refractivity contribution < 1.29 is 19.4 Å². The van der Waals surface area contributed by atoms with Crippen LogP contribution < -0.4 is 20.1 Å². The highest BCUT2D eigenvalue weighted by atomic mass is 16.5. The SMILES string of the molecule is C=CCc1cc(C(=O)NCC2CNCC2O)cc(OC)c1OC. The number of nitrogens with one attached hydrogen (secondary N) is 2. The Hall–Kier alpha value is -2.05. The third-order valence-corrected chi connectivity index (χ3v) is 4.01. The Balaban J connectivity index is 2.15. The van der Waals surface area contributed by atoms with Crippen molar-refractivity contribution in [2.45, 2.75) is 12.5 Å². The van der Waals surface area contributed by atoms with Gasteiger partial charge in [0.15, 0.2) is 11.5 Å². The molecule has 1 aromatic carbocycles. The fraction of sp³-hybridized carbons (Fsp3) is 0.471. The van der Waals surface area contributed by atoms with E-state index in [0.717, 1.165) is 5.56 Å². The van der Waals surface area contributed by atoms with E-state index in [-0.39, 0.29) is 11.8 Å². The van der Waals surface area contributed by atoms with Gasteiger partial charge in [0.05, 0.1) is 20.3 Å². The van der Waals surface area contributed by atoms with E-state index in [1.54, 1.807) is 25.3 Å². The van der Waals surface area contributed by atoms with E-state index in [1.165, 1.54) is 7.11 Å². The highest BCUT2D eigenvalue weighted by Gasteiger charge is 2.25. The van der Waals surface area contributed by atoms with Gasteiger partial charge in [-0.05, 0) is 18.6 Å². The summed E-state index contributed by atoms with van der Waals surface area (Å²) >= 11 is 0. The van der Waals surface area contributed by atoms with Gasteiger partial charge in [0, 0.05) is 36.7 Å². The molecule has 1 amide bonds. The number of aliphatic hydroxyl groups is 1. The Bertz CT molecular complexity index is 574. The summed E-state index contributed by atoms with van der Waals surface area (Å²) in [7, 11) is 3.11. The highest BCUT2D eigenvalue weighted by Crippen LogP contribution is 2.33. The Labute approximate surface area is 136 Å². The van der Waals surface area contributed by atoms with Crippen LogP contribution in [0, 0.1) is 5.92 Å². The number of benzene rings is 1. The second-order valence-corrected chi connectivity index (χ2v) is 5.56. The van der Waals surface area contributed by atoms with Crippen molar-refractivity contribution >= 4 is 5.91 Å². The number of methoxy groups -OCH3 is 2. The first kappa shape index (κ1) is 17.3. The van der Waals surface area contributed by atoms with E-state index < -0.39 is 6.10 Å². The van der Waals surface area contributed by atoms with E-state index in [1.807, 2.05) is 0 Å². The van der Waals surface area contributed by atoms with Gasteiger partial charge in [0.1, 0.15) is 0 Å². The molecular weight excluding hydrogens is 296 g/mol. The third kappa shape index (κ3) is 4.03. The van der Waals surface area contributed by atoms with Gasteiger partial charge >= 0.3 is 0 Å². The summed E-state index contributed by atoms with van der Waals surface area (Å²) in [4.78, 5) is 12.4. The van der Waals surface area contributed by atoms with Gasteiger partial charge in [-0.2, -0.15) is 0 Å². The molecule has 3 N–H and O–H groups in total. The van der Waals surface area contributed by atoms with Crippen LogP contribution in [-0.2, 0) is 6.42 Å². The molecule has 0 spiro atoms. The highest BCUT2D eigenvalue weighted by molar-refractivity contribution is 5.95. The molecule has 2 rings (SSSR count). The predicted molar refractivity (Wildman–Crippen MR) is 88.1 cm³/mol. The lowest BCUT2D eigenvalue weighted by molar-refractivity contribution is 0.0926. The molecule has 6 heteroatoms. The van der Waals surface area contributed by atoms with E-state index in [4.69, 9.17) is 9.47 Å². The van der Waals surface area contributed by atoms with Crippen LogP contribution in [0.4, 0.5) is 0 Å². The molecule has 23 heavy (non-hydrogen) atoms. The average Bonchev–Trinajstić information content (AvgIpc) is 2.97. The fourth-order valence-corrected chi connectivity index (χ4v) is 2.73. The number of carbonyl (C=O) groups excluding carboxylic acids is 1. The lowest BCUT2D eigenvalue weighted by Gasteiger charge is -2.16. The minimum atomic E-state index is -0.419. The summed E-state index contributed by atoms with van der Waals surface area (Å²) in [5.74, 6) is 0.959. The molecule has 6 nitrogen and oxygen atoms in total. The molecular formula is C17H24N2O4. The van der Waals surface area contributed by atoms with E-state index in [9.17, 15) is 9.90 Å². The summed E-state index contributed by atoms with van der Waals surface area (Å²) in [6, 6.07) is 3.44. The maximum Gasteiger partial charge on any atom is 0.251 e. The molecule has 1 fully saturated rings. The van der Waals surface area contributed by atoms with Gasteiger partial charge in [0.25, 0.3) is 5.91 Å². The van der Waals surface area contributed by atoms with Crippen LogP contribution in [0.25, 0.3) is 0 Å². The first-order chi connectivity index (χ1) is 11.1. The molecule has 0 radical (unpaired) electrons. The molecule has 2 atom stereocenters. The van der Waals surface area contributed by atoms with Gasteiger partial charge in [-0.1, -0.05) is 6.08 Å². The summed E-state index contributed by atoms with van der Waals surface area (Å²) in [5.41, 5.74) is 1.34. The van der Waals surface area contributed by atoms with Crippen molar-refractivity contribution in [3.8, 4) is 11.5 Å². The van der Waals surface area contributed by atoms with Crippen LogP contribution in [0.5, 0.6) is 11.5 Å². The van der Waals surface area contributed by atoms with Gasteiger partial charge in [-0.25, -0.2) is 0 Å². The summed E-state index contributed by atoms with van der Waals surface area (Å²) in [6.45, 7) is 5.43. The fourth-order valence-electron chi connectivity index (χ4n) is 2.73. The minimum absolute atomic E-state index is 0.0340. The van der Waals surface area contributed by atoms with Gasteiger partial charge in [0.2, 0.25) is 0 Å². The largest absolute Gasteiger partial charge is 0.493 e.